The highest BCUT2D eigenvalue weighted by molar-refractivity contribution is 5.80. The molecule has 0 atom stereocenters. The van der Waals surface area contributed by atoms with Crippen LogP contribution in [-0.2, 0) is 4.79 Å². The fourth-order valence-corrected chi connectivity index (χ4v) is 3.63. The van der Waals surface area contributed by atoms with Gasteiger partial charge in [-0.2, -0.15) is 0 Å². The minimum Gasteiger partial charge on any atom is -0.370 e. The van der Waals surface area contributed by atoms with Gasteiger partial charge >= 0.3 is 0 Å². The number of nitrogens with zero attached hydrogens (tertiary/aromatic N) is 4. The highest BCUT2D eigenvalue weighted by Crippen LogP contribution is 2.17. The second kappa shape index (κ2) is 9.06. The van der Waals surface area contributed by atoms with Gasteiger partial charge in [-0.3, -0.25) is 9.79 Å². The SMILES string of the molecule is CC1CCN(C(N)=NCCC(=O)N2CCN(c3ccc(F)cc3)CC2)CC1. The number of halogens is 1. The van der Waals surface area contributed by atoms with Crippen LogP contribution in [-0.4, -0.2) is 67.5 Å². The molecule has 2 N–H and O–H groups in total. The first-order valence-electron chi connectivity index (χ1n) is 9.86. The van der Waals surface area contributed by atoms with E-state index in [1.165, 1.54) is 12.1 Å². The smallest absolute Gasteiger partial charge is 0.224 e. The molecule has 0 aromatic heterocycles. The summed E-state index contributed by atoms with van der Waals surface area (Å²) in [4.78, 5) is 23.0. The van der Waals surface area contributed by atoms with Gasteiger partial charge in [-0.05, 0) is 43.0 Å². The molecule has 0 radical (unpaired) electrons. The van der Waals surface area contributed by atoms with Crippen molar-refractivity contribution in [2.75, 3.05) is 50.7 Å². The van der Waals surface area contributed by atoms with Gasteiger partial charge in [0.15, 0.2) is 5.96 Å². The summed E-state index contributed by atoms with van der Waals surface area (Å²) in [5.41, 5.74) is 7.07. The molecule has 2 aliphatic heterocycles. The maximum absolute atomic E-state index is 13.0. The minimum absolute atomic E-state index is 0.123. The number of guanidine groups is 1. The number of nitrogens with two attached hydrogens (primary N) is 1. The number of likely N-dealkylation sites (tertiary alicyclic amines) is 1. The van der Waals surface area contributed by atoms with Crippen LogP contribution in [0.15, 0.2) is 29.3 Å². The molecule has 2 aliphatic rings. The van der Waals surface area contributed by atoms with Crippen molar-refractivity contribution in [1.82, 2.24) is 9.80 Å². The Morgan fingerprint density at radius 2 is 1.70 bits per heavy atom. The van der Waals surface area contributed by atoms with Crippen LogP contribution in [0.3, 0.4) is 0 Å². The Balaban J connectivity index is 1.40. The summed E-state index contributed by atoms with van der Waals surface area (Å²) in [5.74, 6) is 1.21. The second-order valence-corrected chi connectivity index (χ2v) is 7.50. The number of amides is 1. The van der Waals surface area contributed by atoms with E-state index >= 15 is 0 Å². The number of rotatable bonds is 4. The van der Waals surface area contributed by atoms with Crippen molar-refractivity contribution in [2.24, 2.45) is 16.6 Å². The molecule has 1 aromatic rings. The number of benzene rings is 1. The van der Waals surface area contributed by atoms with Gasteiger partial charge in [0.1, 0.15) is 5.82 Å². The van der Waals surface area contributed by atoms with Crippen molar-refractivity contribution < 1.29 is 9.18 Å². The van der Waals surface area contributed by atoms with Gasteiger partial charge < -0.3 is 20.4 Å². The summed E-state index contributed by atoms with van der Waals surface area (Å²) in [7, 11) is 0. The number of hydrogen-bond acceptors (Lipinski definition) is 3. The molecule has 0 bridgehead atoms. The summed E-state index contributed by atoms with van der Waals surface area (Å²) in [6.07, 6.45) is 2.68. The van der Waals surface area contributed by atoms with Gasteiger partial charge in [0.2, 0.25) is 5.91 Å². The zero-order chi connectivity index (χ0) is 19.2. The molecule has 2 fully saturated rings. The number of carbonyl (C=O) groups excluding carboxylic acids is 1. The van der Waals surface area contributed by atoms with E-state index in [1.807, 2.05) is 4.90 Å². The summed E-state index contributed by atoms with van der Waals surface area (Å²) >= 11 is 0. The molecule has 6 nitrogen and oxygen atoms in total. The third kappa shape index (κ3) is 5.34. The number of aliphatic imine (C=N–C) groups is 1. The molecule has 0 unspecified atom stereocenters. The first kappa shape index (κ1) is 19.5. The summed E-state index contributed by atoms with van der Waals surface area (Å²) in [5, 5.41) is 0. The Morgan fingerprint density at radius 3 is 2.33 bits per heavy atom. The van der Waals surface area contributed by atoms with Crippen LogP contribution >= 0.6 is 0 Å². The number of anilines is 1. The molecule has 27 heavy (non-hydrogen) atoms. The molecule has 0 spiro atoms. The van der Waals surface area contributed by atoms with E-state index in [9.17, 15) is 9.18 Å². The molecule has 2 heterocycles. The molecule has 1 amide bonds. The van der Waals surface area contributed by atoms with Crippen LogP contribution in [0.5, 0.6) is 0 Å². The Bertz CT molecular complexity index is 647. The molecular formula is C20H30FN5O. The average molecular weight is 375 g/mol. The van der Waals surface area contributed by atoms with Crippen LogP contribution in [0.25, 0.3) is 0 Å². The predicted molar refractivity (Wildman–Crippen MR) is 106 cm³/mol. The van der Waals surface area contributed by atoms with Gasteiger partial charge in [-0.15, -0.1) is 0 Å². The number of piperazine rings is 1. The zero-order valence-corrected chi connectivity index (χ0v) is 16.1. The molecule has 0 aliphatic carbocycles. The van der Waals surface area contributed by atoms with E-state index < -0.39 is 0 Å². The van der Waals surface area contributed by atoms with Crippen molar-refractivity contribution in [3.63, 3.8) is 0 Å². The molecule has 2 saturated heterocycles. The van der Waals surface area contributed by atoms with E-state index in [0.717, 1.165) is 50.6 Å². The van der Waals surface area contributed by atoms with Gasteiger partial charge in [0.25, 0.3) is 0 Å². The van der Waals surface area contributed by atoms with Gasteiger partial charge in [-0.1, -0.05) is 6.92 Å². The van der Waals surface area contributed by atoms with E-state index in [-0.39, 0.29) is 11.7 Å². The van der Waals surface area contributed by atoms with Crippen molar-refractivity contribution in [3.05, 3.63) is 30.1 Å². The van der Waals surface area contributed by atoms with Crippen molar-refractivity contribution in [2.45, 2.75) is 26.2 Å². The molecule has 148 valence electrons. The molecule has 3 rings (SSSR count). The Labute approximate surface area is 160 Å². The third-order valence-electron chi connectivity index (χ3n) is 5.53. The summed E-state index contributed by atoms with van der Waals surface area (Å²) < 4.78 is 13.0. The molecule has 1 aromatic carbocycles. The van der Waals surface area contributed by atoms with E-state index in [2.05, 4.69) is 21.7 Å². The second-order valence-electron chi connectivity index (χ2n) is 7.50. The summed E-state index contributed by atoms with van der Waals surface area (Å²) in [6, 6.07) is 6.51. The number of piperidine rings is 1. The largest absolute Gasteiger partial charge is 0.370 e. The lowest BCUT2D eigenvalue weighted by Gasteiger charge is -2.36. The highest BCUT2D eigenvalue weighted by Gasteiger charge is 2.21. The average Bonchev–Trinajstić information content (AvgIpc) is 2.69. The maximum atomic E-state index is 13.0. The normalized spacial score (nSPS) is 19.5. The zero-order valence-electron chi connectivity index (χ0n) is 16.1. The Hall–Kier alpha value is -2.31. The lowest BCUT2D eigenvalue weighted by atomic mass is 10.00. The third-order valence-corrected chi connectivity index (χ3v) is 5.53. The fraction of sp³-hybridized carbons (Fsp3) is 0.600. The van der Waals surface area contributed by atoms with Crippen LogP contribution in [0.2, 0.25) is 0 Å². The topological polar surface area (TPSA) is 65.2 Å². The Morgan fingerprint density at radius 1 is 1.07 bits per heavy atom. The number of carbonyl (C=O) groups is 1. The Kier molecular flexibility index (Phi) is 6.53. The van der Waals surface area contributed by atoms with Gasteiger partial charge in [-0.25, -0.2) is 4.39 Å². The lowest BCUT2D eigenvalue weighted by molar-refractivity contribution is -0.131. The van der Waals surface area contributed by atoms with Crippen molar-refractivity contribution in [3.8, 4) is 0 Å². The molecule has 7 heteroatoms. The summed E-state index contributed by atoms with van der Waals surface area (Å²) in [6.45, 7) is 7.49. The van der Waals surface area contributed by atoms with Crippen LogP contribution in [0, 0.1) is 11.7 Å². The van der Waals surface area contributed by atoms with Crippen molar-refractivity contribution >= 4 is 17.6 Å². The van der Waals surface area contributed by atoms with Crippen molar-refractivity contribution in [1.29, 1.82) is 0 Å². The molecular weight excluding hydrogens is 345 g/mol. The highest BCUT2D eigenvalue weighted by atomic mass is 19.1. The van der Waals surface area contributed by atoms with Crippen LogP contribution in [0.1, 0.15) is 26.2 Å². The number of hydrogen-bond donors (Lipinski definition) is 1. The van der Waals surface area contributed by atoms with Crippen LogP contribution in [0.4, 0.5) is 10.1 Å². The fourth-order valence-electron chi connectivity index (χ4n) is 3.63. The quantitative estimate of drug-likeness (QED) is 0.645. The maximum Gasteiger partial charge on any atom is 0.224 e. The van der Waals surface area contributed by atoms with E-state index in [4.69, 9.17) is 5.73 Å². The standard InChI is InChI=1S/C20H30FN5O/c1-16-7-10-26(11-8-16)20(22)23-9-6-19(27)25-14-12-24(13-15-25)18-4-2-17(21)3-5-18/h2-5,16H,6-15H2,1H3,(H2,22,23). The lowest BCUT2D eigenvalue weighted by Crippen LogP contribution is -2.49. The van der Waals surface area contributed by atoms with E-state index in [0.29, 0.717) is 32.0 Å². The monoisotopic (exact) mass is 375 g/mol. The van der Waals surface area contributed by atoms with Gasteiger partial charge in [0, 0.05) is 51.4 Å². The minimum atomic E-state index is -0.230. The first-order chi connectivity index (χ1) is 13.0. The predicted octanol–water partition coefficient (Wildman–Crippen LogP) is 1.91. The first-order valence-corrected chi connectivity index (χ1v) is 9.86. The van der Waals surface area contributed by atoms with Crippen LogP contribution < -0.4 is 10.6 Å². The molecule has 0 saturated carbocycles. The van der Waals surface area contributed by atoms with Gasteiger partial charge in [0.05, 0.1) is 6.54 Å². The van der Waals surface area contributed by atoms with E-state index in [1.54, 1.807) is 12.1 Å².